The van der Waals surface area contributed by atoms with Crippen molar-refractivity contribution in [3.05, 3.63) is 42.5 Å². The monoisotopic (exact) mass is 439 g/mol. The molecule has 0 heterocycles. The van der Waals surface area contributed by atoms with Crippen LogP contribution in [0.25, 0.3) is 0 Å². The number of hydrogen-bond donors (Lipinski definition) is 1. The van der Waals surface area contributed by atoms with E-state index < -0.39 is 11.6 Å². The SMILES string of the molecule is C=CCCCN(C)C(=NC)NCCOc1ccc(F)c(F)c1.I. The molecule has 130 valence electrons. The van der Waals surface area contributed by atoms with E-state index in [4.69, 9.17) is 4.74 Å². The lowest BCUT2D eigenvalue weighted by atomic mass is 10.3. The Balaban J connectivity index is 0.00000484. The van der Waals surface area contributed by atoms with Gasteiger partial charge in [-0.2, -0.15) is 0 Å². The van der Waals surface area contributed by atoms with Crippen molar-refractivity contribution in [2.75, 3.05) is 33.8 Å². The zero-order valence-corrected chi connectivity index (χ0v) is 15.8. The fourth-order valence-corrected chi connectivity index (χ4v) is 1.86. The molecule has 0 saturated carbocycles. The second-order valence-electron chi connectivity index (χ2n) is 4.75. The molecular formula is C16H24F2IN3O. The number of allylic oxidation sites excluding steroid dienone is 1. The van der Waals surface area contributed by atoms with Gasteiger partial charge in [0, 0.05) is 26.7 Å². The van der Waals surface area contributed by atoms with Gasteiger partial charge in [0.05, 0.1) is 6.54 Å². The van der Waals surface area contributed by atoms with Gasteiger partial charge in [-0.05, 0) is 25.0 Å². The maximum atomic E-state index is 13.0. The minimum atomic E-state index is -0.914. The number of aliphatic imine (C=N–C) groups is 1. The van der Waals surface area contributed by atoms with Gasteiger partial charge in [-0.15, -0.1) is 30.6 Å². The molecule has 1 rings (SSSR count). The molecule has 0 bridgehead atoms. The molecule has 0 aliphatic rings. The van der Waals surface area contributed by atoms with E-state index in [1.54, 1.807) is 7.05 Å². The van der Waals surface area contributed by atoms with Gasteiger partial charge >= 0.3 is 0 Å². The molecule has 0 radical (unpaired) electrons. The molecule has 1 N–H and O–H groups in total. The van der Waals surface area contributed by atoms with Crippen molar-refractivity contribution >= 4 is 29.9 Å². The molecule has 1 aromatic carbocycles. The summed E-state index contributed by atoms with van der Waals surface area (Å²) in [6.45, 7) is 5.40. The fraction of sp³-hybridized carbons (Fsp3) is 0.438. The quantitative estimate of drug-likeness (QED) is 0.222. The van der Waals surface area contributed by atoms with Gasteiger partial charge in [0.1, 0.15) is 12.4 Å². The topological polar surface area (TPSA) is 36.9 Å². The molecule has 0 saturated heterocycles. The predicted octanol–water partition coefficient (Wildman–Crippen LogP) is 3.44. The number of nitrogens with zero attached hydrogens (tertiary/aromatic N) is 2. The average Bonchev–Trinajstić information content (AvgIpc) is 2.51. The molecule has 23 heavy (non-hydrogen) atoms. The smallest absolute Gasteiger partial charge is 0.193 e. The lowest BCUT2D eigenvalue weighted by molar-refractivity contribution is 0.316. The average molecular weight is 439 g/mol. The Labute approximate surface area is 153 Å². The number of benzene rings is 1. The zero-order chi connectivity index (χ0) is 16.4. The Morgan fingerprint density at radius 1 is 1.39 bits per heavy atom. The third-order valence-corrected chi connectivity index (χ3v) is 3.02. The van der Waals surface area contributed by atoms with Crippen LogP contribution in [0.3, 0.4) is 0 Å². The molecule has 0 unspecified atom stereocenters. The number of unbranched alkanes of at least 4 members (excludes halogenated alkanes) is 1. The minimum absolute atomic E-state index is 0. The van der Waals surface area contributed by atoms with Crippen LogP contribution in [0.4, 0.5) is 8.78 Å². The van der Waals surface area contributed by atoms with Crippen molar-refractivity contribution in [2.24, 2.45) is 4.99 Å². The summed E-state index contributed by atoms with van der Waals surface area (Å²) >= 11 is 0. The standard InChI is InChI=1S/C16H23F2N3O.HI/c1-4-5-6-10-21(3)16(19-2)20-9-11-22-13-7-8-14(17)15(18)12-13;/h4,7-8,12H,1,5-6,9-11H2,2-3H3,(H,19,20);1H. The van der Waals surface area contributed by atoms with Crippen LogP contribution in [0.2, 0.25) is 0 Å². The van der Waals surface area contributed by atoms with Gasteiger partial charge in [0.15, 0.2) is 17.6 Å². The first-order chi connectivity index (χ1) is 10.6. The van der Waals surface area contributed by atoms with E-state index >= 15 is 0 Å². The summed E-state index contributed by atoms with van der Waals surface area (Å²) in [6.07, 6.45) is 3.85. The number of ether oxygens (including phenoxy) is 1. The summed E-state index contributed by atoms with van der Waals surface area (Å²) < 4.78 is 31.2. The lowest BCUT2D eigenvalue weighted by Crippen LogP contribution is -2.41. The second kappa shape index (κ2) is 12.1. The molecule has 1 aromatic rings. The predicted molar refractivity (Wildman–Crippen MR) is 101 cm³/mol. The Hall–Kier alpha value is -1.38. The van der Waals surface area contributed by atoms with Gasteiger partial charge in [-0.3, -0.25) is 4.99 Å². The maximum absolute atomic E-state index is 13.0. The number of rotatable bonds is 8. The largest absolute Gasteiger partial charge is 0.492 e. The van der Waals surface area contributed by atoms with Gasteiger partial charge in [0.25, 0.3) is 0 Å². The van der Waals surface area contributed by atoms with E-state index in [0.29, 0.717) is 18.9 Å². The van der Waals surface area contributed by atoms with Gasteiger partial charge in [-0.1, -0.05) is 6.08 Å². The summed E-state index contributed by atoms with van der Waals surface area (Å²) in [5, 5.41) is 3.15. The van der Waals surface area contributed by atoms with Crippen molar-refractivity contribution in [3.63, 3.8) is 0 Å². The van der Waals surface area contributed by atoms with Crippen LogP contribution < -0.4 is 10.1 Å². The van der Waals surface area contributed by atoms with E-state index in [2.05, 4.69) is 16.9 Å². The highest BCUT2D eigenvalue weighted by atomic mass is 127. The van der Waals surface area contributed by atoms with Crippen molar-refractivity contribution in [1.29, 1.82) is 0 Å². The summed E-state index contributed by atoms with van der Waals surface area (Å²) in [6, 6.07) is 3.48. The van der Waals surface area contributed by atoms with E-state index in [9.17, 15) is 8.78 Å². The molecule has 0 atom stereocenters. The molecule has 0 aliphatic heterocycles. The van der Waals surface area contributed by atoms with Gasteiger partial charge < -0.3 is 15.0 Å². The van der Waals surface area contributed by atoms with Crippen molar-refractivity contribution in [3.8, 4) is 5.75 Å². The summed E-state index contributed by atoms with van der Waals surface area (Å²) in [7, 11) is 3.66. The molecule has 0 aliphatic carbocycles. The molecule has 0 fully saturated rings. The van der Waals surface area contributed by atoms with Crippen LogP contribution in [0.5, 0.6) is 5.75 Å². The van der Waals surface area contributed by atoms with Crippen LogP contribution in [0.15, 0.2) is 35.8 Å². The molecular weight excluding hydrogens is 415 g/mol. The normalized spacial score (nSPS) is 10.7. The third kappa shape index (κ3) is 8.15. The summed E-state index contributed by atoms with van der Waals surface area (Å²) in [5.74, 6) is -0.733. The first-order valence-corrected chi connectivity index (χ1v) is 7.19. The van der Waals surface area contributed by atoms with Crippen molar-refractivity contribution in [2.45, 2.75) is 12.8 Å². The molecule has 0 spiro atoms. The number of hydrogen-bond acceptors (Lipinski definition) is 2. The lowest BCUT2D eigenvalue weighted by Gasteiger charge is -2.21. The second-order valence-corrected chi connectivity index (χ2v) is 4.75. The molecule has 0 aromatic heterocycles. The van der Waals surface area contributed by atoms with Crippen LogP contribution in [-0.4, -0.2) is 44.7 Å². The van der Waals surface area contributed by atoms with Gasteiger partial charge in [-0.25, -0.2) is 8.78 Å². The van der Waals surface area contributed by atoms with Crippen molar-refractivity contribution in [1.82, 2.24) is 10.2 Å². The number of nitrogens with one attached hydrogen (secondary N) is 1. The molecule has 4 nitrogen and oxygen atoms in total. The number of halogens is 3. The highest BCUT2D eigenvalue weighted by Crippen LogP contribution is 2.14. The van der Waals surface area contributed by atoms with Crippen molar-refractivity contribution < 1.29 is 13.5 Å². The van der Waals surface area contributed by atoms with E-state index in [1.165, 1.54) is 6.07 Å². The Bertz CT molecular complexity index is 512. The Kier molecular flexibility index (Phi) is 11.4. The van der Waals surface area contributed by atoms with Crippen LogP contribution >= 0.6 is 24.0 Å². The zero-order valence-electron chi connectivity index (χ0n) is 13.5. The highest BCUT2D eigenvalue weighted by Gasteiger charge is 2.05. The number of guanidine groups is 1. The summed E-state index contributed by atoms with van der Waals surface area (Å²) in [5.41, 5.74) is 0. The molecule has 0 amide bonds. The Morgan fingerprint density at radius 2 is 2.13 bits per heavy atom. The maximum Gasteiger partial charge on any atom is 0.193 e. The van der Waals surface area contributed by atoms with Gasteiger partial charge in [0.2, 0.25) is 0 Å². The minimum Gasteiger partial charge on any atom is -0.492 e. The van der Waals surface area contributed by atoms with Crippen LogP contribution in [0.1, 0.15) is 12.8 Å². The fourth-order valence-electron chi connectivity index (χ4n) is 1.86. The third-order valence-electron chi connectivity index (χ3n) is 3.02. The Morgan fingerprint density at radius 3 is 2.74 bits per heavy atom. The molecule has 7 heteroatoms. The first-order valence-electron chi connectivity index (χ1n) is 7.19. The van der Waals surface area contributed by atoms with E-state index in [1.807, 2.05) is 18.0 Å². The first kappa shape index (κ1) is 21.6. The van der Waals surface area contributed by atoms with E-state index in [0.717, 1.165) is 37.5 Å². The highest BCUT2D eigenvalue weighted by molar-refractivity contribution is 14.0. The van der Waals surface area contributed by atoms with E-state index in [-0.39, 0.29) is 24.0 Å². The summed E-state index contributed by atoms with van der Waals surface area (Å²) in [4.78, 5) is 6.19. The van der Waals surface area contributed by atoms with Crippen LogP contribution in [-0.2, 0) is 0 Å². The van der Waals surface area contributed by atoms with Crippen LogP contribution in [0, 0.1) is 11.6 Å².